The third-order valence-electron chi connectivity index (χ3n) is 7.91. The molecule has 6 heteroatoms. The quantitative estimate of drug-likeness (QED) is 0.195. The van der Waals surface area contributed by atoms with Crippen molar-refractivity contribution in [3.63, 3.8) is 0 Å². The van der Waals surface area contributed by atoms with Gasteiger partial charge in [-0.1, -0.05) is 99.1 Å². The molecule has 3 atom stereocenters. The van der Waals surface area contributed by atoms with Crippen LogP contribution in [0.4, 0.5) is 0 Å². The summed E-state index contributed by atoms with van der Waals surface area (Å²) in [6.45, 7) is 17.2. The lowest BCUT2D eigenvalue weighted by atomic mass is 10.0. The van der Waals surface area contributed by atoms with Crippen LogP contribution in [0.15, 0.2) is 72.8 Å². The smallest absolute Gasteiger partial charge is 0.261 e. The number of carbonyl (C=O) groups excluding carboxylic acids is 1. The van der Waals surface area contributed by atoms with E-state index in [1.807, 2.05) is 13.8 Å². The van der Waals surface area contributed by atoms with Gasteiger partial charge in [-0.15, -0.1) is 0 Å². The Bertz CT molecular complexity index is 1240. The molecule has 0 radical (unpaired) electrons. The summed E-state index contributed by atoms with van der Waals surface area (Å²) in [6.07, 6.45) is 0.718. The fourth-order valence-electron chi connectivity index (χ4n) is 6.30. The van der Waals surface area contributed by atoms with E-state index in [-0.39, 0.29) is 11.1 Å². The van der Waals surface area contributed by atoms with Crippen molar-refractivity contribution in [3.8, 4) is 5.75 Å². The molecule has 3 aromatic rings. The van der Waals surface area contributed by atoms with Crippen LogP contribution in [-0.4, -0.2) is 45.3 Å². The summed E-state index contributed by atoms with van der Waals surface area (Å²) < 4.78 is 27.1. The Balaban J connectivity index is 1.81. The highest BCUT2D eigenvalue weighted by Gasteiger charge is 2.52. The predicted octanol–water partition coefficient (Wildman–Crippen LogP) is 6.44. The van der Waals surface area contributed by atoms with Crippen molar-refractivity contribution in [2.75, 3.05) is 6.61 Å². The molecular formula is C35H46O5Si. The van der Waals surface area contributed by atoms with E-state index < -0.39 is 26.3 Å². The minimum absolute atomic E-state index is 0.181. The van der Waals surface area contributed by atoms with Crippen LogP contribution in [0.1, 0.15) is 64.2 Å². The van der Waals surface area contributed by atoms with Crippen LogP contribution in [0.2, 0.25) is 5.04 Å². The number of rotatable bonds is 11. The molecule has 0 aromatic heterocycles. The zero-order valence-corrected chi connectivity index (χ0v) is 26.9. The first-order valence-corrected chi connectivity index (χ1v) is 16.6. The number of benzene rings is 3. The maximum atomic E-state index is 11.3. The zero-order chi connectivity index (χ0) is 29.8. The lowest BCUT2D eigenvalue weighted by Crippen LogP contribution is -2.67. The van der Waals surface area contributed by atoms with Crippen molar-refractivity contribution in [1.29, 1.82) is 0 Å². The van der Waals surface area contributed by atoms with Crippen LogP contribution in [0.5, 0.6) is 5.75 Å². The van der Waals surface area contributed by atoms with Gasteiger partial charge >= 0.3 is 0 Å². The summed E-state index contributed by atoms with van der Waals surface area (Å²) in [7, 11) is -2.83. The van der Waals surface area contributed by atoms with Gasteiger partial charge < -0.3 is 23.4 Å². The molecule has 41 heavy (non-hydrogen) atoms. The van der Waals surface area contributed by atoms with E-state index in [0.717, 1.165) is 23.2 Å². The van der Waals surface area contributed by atoms with Gasteiger partial charge in [0, 0.05) is 6.42 Å². The highest BCUT2D eigenvalue weighted by molar-refractivity contribution is 6.99. The maximum absolute atomic E-state index is 11.3. The number of hydrogen-bond donors (Lipinski definition) is 0. The zero-order valence-electron chi connectivity index (χ0n) is 25.9. The molecule has 1 aliphatic heterocycles. The Labute approximate surface area is 247 Å². The first kappa shape index (κ1) is 31.2. The topological polar surface area (TPSA) is 54.0 Å². The van der Waals surface area contributed by atoms with Gasteiger partial charge in [0.05, 0.1) is 12.7 Å². The first-order valence-electron chi connectivity index (χ1n) is 14.7. The molecule has 0 spiro atoms. The molecule has 0 aliphatic carbocycles. The summed E-state index contributed by atoms with van der Waals surface area (Å²) in [4.78, 5) is 11.3. The largest absolute Gasteiger partial charge is 0.485 e. The number of hydrogen-bond acceptors (Lipinski definition) is 5. The molecule has 220 valence electrons. The van der Waals surface area contributed by atoms with E-state index >= 15 is 0 Å². The molecule has 0 amide bonds. The summed E-state index contributed by atoms with van der Waals surface area (Å²) in [5.41, 5.74) is 3.33. The first-order chi connectivity index (χ1) is 19.4. The SMILES string of the molecule is Cc1cc(C)c(O[C@H](CO[Si](c2ccccc2)(c2ccccc2)C(C)(C)C)[C@@H]2OC(C)(C)O[C@H]2CCC=O)c(C)c1. The predicted molar refractivity (Wildman–Crippen MR) is 168 cm³/mol. The summed E-state index contributed by atoms with van der Waals surface area (Å²) in [5.74, 6) is 0.0447. The van der Waals surface area contributed by atoms with E-state index in [0.29, 0.717) is 19.4 Å². The Morgan fingerprint density at radius 1 is 0.902 bits per heavy atom. The van der Waals surface area contributed by atoms with Crippen LogP contribution in [0, 0.1) is 20.8 Å². The van der Waals surface area contributed by atoms with Gasteiger partial charge in [-0.3, -0.25) is 0 Å². The minimum atomic E-state index is -2.83. The molecule has 1 fully saturated rings. The van der Waals surface area contributed by atoms with Crippen molar-refractivity contribution in [2.45, 2.75) is 97.4 Å². The van der Waals surface area contributed by atoms with Crippen molar-refractivity contribution in [3.05, 3.63) is 89.5 Å². The second kappa shape index (κ2) is 12.6. The van der Waals surface area contributed by atoms with E-state index in [1.54, 1.807) is 0 Å². The van der Waals surface area contributed by atoms with Crippen LogP contribution >= 0.6 is 0 Å². The van der Waals surface area contributed by atoms with Gasteiger partial charge in [-0.25, -0.2) is 0 Å². The van der Waals surface area contributed by atoms with Gasteiger partial charge in [0.2, 0.25) is 0 Å². The third kappa shape index (κ3) is 6.83. The Kier molecular flexibility index (Phi) is 9.59. The maximum Gasteiger partial charge on any atom is 0.261 e. The lowest BCUT2D eigenvalue weighted by Gasteiger charge is -2.44. The molecule has 0 N–H and O–H groups in total. The molecule has 1 saturated heterocycles. The van der Waals surface area contributed by atoms with E-state index in [2.05, 4.69) is 114 Å². The van der Waals surface area contributed by atoms with Gasteiger partial charge in [0.25, 0.3) is 8.32 Å². The summed E-state index contributed by atoms with van der Waals surface area (Å²) >= 11 is 0. The number of aryl methyl sites for hydroxylation is 3. The number of aldehydes is 1. The fourth-order valence-corrected chi connectivity index (χ4v) is 10.9. The van der Waals surface area contributed by atoms with Crippen LogP contribution in [-0.2, 0) is 18.7 Å². The highest BCUT2D eigenvalue weighted by Crippen LogP contribution is 2.39. The second-order valence-corrected chi connectivity index (χ2v) is 17.0. The molecule has 1 heterocycles. The van der Waals surface area contributed by atoms with E-state index in [1.165, 1.54) is 15.9 Å². The molecule has 3 aromatic carbocycles. The van der Waals surface area contributed by atoms with Crippen LogP contribution < -0.4 is 15.1 Å². The standard InChI is InChI=1S/C35H46O5Si/c1-25-22-26(2)32(27(3)23-25)38-31(33-30(20-15-21-36)39-35(7,8)40-33)24-37-41(34(4,5)6,28-16-11-9-12-17-28)29-18-13-10-14-19-29/h9-14,16-19,21-23,30-31,33H,15,20,24H2,1-8H3/t30-,31+,33+/m0/s1. The van der Waals surface area contributed by atoms with Crippen LogP contribution in [0.3, 0.4) is 0 Å². The number of ether oxygens (including phenoxy) is 3. The van der Waals surface area contributed by atoms with Gasteiger partial charge in [-0.2, -0.15) is 0 Å². The monoisotopic (exact) mass is 574 g/mol. The van der Waals surface area contributed by atoms with Crippen LogP contribution in [0.25, 0.3) is 0 Å². The van der Waals surface area contributed by atoms with Crippen molar-refractivity contribution in [2.24, 2.45) is 0 Å². The average Bonchev–Trinajstić information content (AvgIpc) is 3.23. The molecule has 0 unspecified atom stereocenters. The molecule has 0 saturated carbocycles. The van der Waals surface area contributed by atoms with Crippen molar-refractivity contribution in [1.82, 2.24) is 0 Å². The number of carbonyl (C=O) groups is 1. The third-order valence-corrected chi connectivity index (χ3v) is 12.9. The summed E-state index contributed by atoms with van der Waals surface area (Å²) in [5, 5.41) is 2.24. The lowest BCUT2D eigenvalue weighted by molar-refractivity contribution is -0.155. The Morgan fingerprint density at radius 3 is 1.93 bits per heavy atom. The van der Waals surface area contributed by atoms with Gasteiger partial charge in [0.1, 0.15) is 24.2 Å². The van der Waals surface area contributed by atoms with Crippen molar-refractivity contribution < 1.29 is 23.4 Å². The second-order valence-electron chi connectivity index (χ2n) is 12.7. The normalized spacial score (nSPS) is 19.6. The highest BCUT2D eigenvalue weighted by atomic mass is 28.4. The van der Waals surface area contributed by atoms with Gasteiger partial charge in [0.15, 0.2) is 5.79 Å². The Hall–Kier alpha value is -2.77. The Morgan fingerprint density at radius 2 is 1.44 bits per heavy atom. The molecule has 4 rings (SSSR count). The van der Waals surface area contributed by atoms with Gasteiger partial charge in [-0.05, 0) is 67.6 Å². The molecular weight excluding hydrogens is 528 g/mol. The van der Waals surface area contributed by atoms with E-state index in [9.17, 15) is 4.79 Å². The van der Waals surface area contributed by atoms with E-state index in [4.69, 9.17) is 18.6 Å². The van der Waals surface area contributed by atoms with Crippen molar-refractivity contribution >= 4 is 25.0 Å². The summed E-state index contributed by atoms with van der Waals surface area (Å²) in [6, 6.07) is 25.5. The molecule has 5 nitrogen and oxygen atoms in total. The fraction of sp³-hybridized carbons (Fsp3) is 0.457. The average molecular weight is 575 g/mol. The molecule has 0 bridgehead atoms. The molecule has 1 aliphatic rings. The minimum Gasteiger partial charge on any atom is -0.485 e.